The minimum absolute atomic E-state index is 0.0326. The van der Waals surface area contributed by atoms with Gasteiger partial charge < -0.3 is 4.57 Å². The van der Waals surface area contributed by atoms with Gasteiger partial charge in [-0.1, -0.05) is 12.1 Å². The van der Waals surface area contributed by atoms with Crippen LogP contribution in [-0.2, 0) is 13.1 Å². The van der Waals surface area contributed by atoms with Crippen LogP contribution in [0.4, 0.5) is 0 Å². The zero-order valence-corrected chi connectivity index (χ0v) is 10.5. The fourth-order valence-electron chi connectivity index (χ4n) is 2.12. The number of para-hydroxylation sites is 2. The third-order valence-corrected chi connectivity index (χ3v) is 2.99. The minimum atomic E-state index is -0.0326. The summed E-state index contributed by atoms with van der Waals surface area (Å²) in [5.74, 6) is 0.455. The van der Waals surface area contributed by atoms with E-state index in [0.717, 1.165) is 11.0 Å². The molecule has 0 aliphatic heterocycles. The molecule has 3 aromatic rings. The molecule has 0 aliphatic carbocycles. The molecule has 0 bridgehead atoms. The summed E-state index contributed by atoms with van der Waals surface area (Å²) in [5, 5.41) is 4.06. The van der Waals surface area contributed by atoms with Crippen LogP contribution < -0.4 is 0 Å². The van der Waals surface area contributed by atoms with E-state index < -0.39 is 0 Å². The molecule has 0 radical (unpaired) electrons. The number of aryl methyl sites for hydroxylation is 2. The van der Waals surface area contributed by atoms with Gasteiger partial charge >= 0.3 is 0 Å². The van der Waals surface area contributed by atoms with Gasteiger partial charge in [0.1, 0.15) is 12.7 Å². The minimum Gasteiger partial charge on any atom is -0.320 e. The number of benzene rings is 1. The summed E-state index contributed by atoms with van der Waals surface area (Å²) < 4.78 is 3.66. The summed E-state index contributed by atoms with van der Waals surface area (Å²) in [4.78, 5) is 20.0. The molecule has 3 rings (SSSR count). The van der Waals surface area contributed by atoms with Gasteiger partial charge in [-0.05, 0) is 12.1 Å². The number of imidazole rings is 1. The van der Waals surface area contributed by atoms with Crippen LogP contribution in [0.2, 0.25) is 0 Å². The van der Waals surface area contributed by atoms with E-state index in [-0.39, 0.29) is 5.78 Å². The Hall–Kier alpha value is -2.50. The summed E-state index contributed by atoms with van der Waals surface area (Å²) >= 11 is 0. The molecule has 2 heterocycles. The number of carbonyl (C=O) groups excluding carboxylic acids is 1. The Kier molecular flexibility index (Phi) is 2.83. The fourth-order valence-corrected chi connectivity index (χ4v) is 2.12. The summed E-state index contributed by atoms with van der Waals surface area (Å²) in [6, 6.07) is 7.74. The third-order valence-electron chi connectivity index (χ3n) is 2.99. The van der Waals surface area contributed by atoms with E-state index >= 15 is 0 Å². The van der Waals surface area contributed by atoms with E-state index in [0.29, 0.717) is 18.9 Å². The smallest absolute Gasteiger partial charge is 0.195 e. The number of aromatic nitrogens is 5. The van der Waals surface area contributed by atoms with Gasteiger partial charge in [-0.25, -0.2) is 9.97 Å². The molecule has 0 saturated carbocycles. The van der Waals surface area contributed by atoms with Gasteiger partial charge in [-0.15, -0.1) is 0 Å². The van der Waals surface area contributed by atoms with Crippen molar-refractivity contribution in [3.05, 3.63) is 42.7 Å². The van der Waals surface area contributed by atoms with Crippen molar-refractivity contribution < 1.29 is 4.79 Å². The molecule has 0 saturated heterocycles. The highest BCUT2D eigenvalue weighted by atomic mass is 16.1. The fraction of sp³-hybridized carbons (Fsp3) is 0.231. The molecule has 2 aromatic heterocycles. The second-order valence-electron chi connectivity index (χ2n) is 4.29. The lowest BCUT2D eigenvalue weighted by Crippen LogP contribution is -2.12. The van der Waals surface area contributed by atoms with Crippen LogP contribution in [0.25, 0.3) is 11.0 Å². The van der Waals surface area contributed by atoms with Crippen LogP contribution in [0, 0.1) is 0 Å². The Labute approximate surface area is 109 Å². The van der Waals surface area contributed by atoms with Crippen molar-refractivity contribution in [2.75, 3.05) is 0 Å². The second-order valence-corrected chi connectivity index (χ2v) is 4.29. The zero-order valence-electron chi connectivity index (χ0n) is 10.5. The van der Waals surface area contributed by atoms with E-state index in [1.54, 1.807) is 11.0 Å². The standard InChI is InChI=1S/C13H13N5O/c1-10(19)13-16-11-4-2-3-5-12(11)18(13)7-6-17-9-14-8-15-17/h2-5,8-9H,6-7H2,1H3. The monoisotopic (exact) mass is 255 g/mol. The predicted molar refractivity (Wildman–Crippen MR) is 69.8 cm³/mol. The molecule has 19 heavy (non-hydrogen) atoms. The molecule has 6 nitrogen and oxygen atoms in total. The number of fused-ring (bicyclic) bond motifs is 1. The van der Waals surface area contributed by atoms with Gasteiger partial charge in [-0.2, -0.15) is 5.10 Å². The van der Waals surface area contributed by atoms with Crippen LogP contribution in [0.3, 0.4) is 0 Å². The van der Waals surface area contributed by atoms with Crippen LogP contribution in [0.15, 0.2) is 36.9 Å². The maximum absolute atomic E-state index is 11.7. The molecule has 0 aliphatic rings. The van der Waals surface area contributed by atoms with Crippen molar-refractivity contribution in [1.82, 2.24) is 24.3 Å². The maximum Gasteiger partial charge on any atom is 0.195 e. The number of nitrogens with zero attached hydrogens (tertiary/aromatic N) is 5. The average molecular weight is 255 g/mol. The van der Waals surface area contributed by atoms with Gasteiger partial charge in [-0.3, -0.25) is 9.48 Å². The lowest BCUT2D eigenvalue weighted by atomic mass is 10.3. The lowest BCUT2D eigenvalue weighted by molar-refractivity contribution is 0.0999. The van der Waals surface area contributed by atoms with Gasteiger partial charge in [0, 0.05) is 13.5 Å². The van der Waals surface area contributed by atoms with Crippen molar-refractivity contribution in [1.29, 1.82) is 0 Å². The number of carbonyl (C=O) groups is 1. The number of hydrogen-bond acceptors (Lipinski definition) is 4. The molecular formula is C13H13N5O. The first-order valence-corrected chi connectivity index (χ1v) is 6.04. The lowest BCUT2D eigenvalue weighted by Gasteiger charge is -2.07. The largest absolute Gasteiger partial charge is 0.320 e. The molecule has 0 unspecified atom stereocenters. The Balaban J connectivity index is 2.00. The number of Topliss-reactive ketones (excluding diaryl/α,β-unsaturated/α-hetero) is 1. The molecule has 6 heteroatoms. The molecule has 0 atom stereocenters. The molecule has 0 N–H and O–H groups in total. The van der Waals surface area contributed by atoms with E-state index in [9.17, 15) is 4.79 Å². The third kappa shape index (κ3) is 2.12. The van der Waals surface area contributed by atoms with Crippen LogP contribution >= 0.6 is 0 Å². The van der Waals surface area contributed by atoms with Crippen LogP contribution in [-0.4, -0.2) is 30.1 Å². The Morgan fingerprint density at radius 2 is 2.11 bits per heavy atom. The quantitative estimate of drug-likeness (QED) is 0.663. The van der Waals surface area contributed by atoms with Gasteiger partial charge in [0.25, 0.3) is 0 Å². The van der Waals surface area contributed by atoms with E-state index in [2.05, 4.69) is 15.1 Å². The molecular weight excluding hydrogens is 242 g/mol. The van der Waals surface area contributed by atoms with Crippen molar-refractivity contribution in [3.63, 3.8) is 0 Å². The molecule has 0 fully saturated rings. The Bertz CT molecular complexity index is 714. The van der Waals surface area contributed by atoms with Gasteiger partial charge in [0.05, 0.1) is 17.6 Å². The average Bonchev–Trinajstić information content (AvgIpc) is 3.03. The highest BCUT2D eigenvalue weighted by molar-refractivity contribution is 5.94. The van der Waals surface area contributed by atoms with Crippen molar-refractivity contribution in [2.24, 2.45) is 0 Å². The van der Waals surface area contributed by atoms with Crippen molar-refractivity contribution >= 4 is 16.8 Å². The first kappa shape index (κ1) is 11.6. The number of rotatable bonds is 4. The highest BCUT2D eigenvalue weighted by Gasteiger charge is 2.13. The second kappa shape index (κ2) is 4.64. The summed E-state index contributed by atoms with van der Waals surface area (Å²) in [5.41, 5.74) is 1.80. The molecule has 0 spiro atoms. The SMILES string of the molecule is CC(=O)c1nc2ccccc2n1CCn1cncn1. The summed E-state index contributed by atoms with van der Waals surface area (Å²) in [7, 11) is 0. The first-order valence-electron chi connectivity index (χ1n) is 6.04. The van der Waals surface area contributed by atoms with Gasteiger partial charge in [0.2, 0.25) is 0 Å². The molecule has 1 aromatic carbocycles. The maximum atomic E-state index is 11.7. The molecule has 96 valence electrons. The van der Waals surface area contributed by atoms with E-state index in [1.165, 1.54) is 13.3 Å². The van der Waals surface area contributed by atoms with Crippen molar-refractivity contribution in [2.45, 2.75) is 20.0 Å². The predicted octanol–water partition coefficient (Wildman–Crippen LogP) is 1.53. The summed E-state index contributed by atoms with van der Waals surface area (Å²) in [6.45, 7) is 2.83. The van der Waals surface area contributed by atoms with Crippen LogP contribution in [0.1, 0.15) is 17.5 Å². The Morgan fingerprint density at radius 1 is 1.26 bits per heavy atom. The normalized spacial score (nSPS) is 11.0. The van der Waals surface area contributed by atoms with Crippen LogP contribution in [0.5, 0.6) is 0 Å². The van der Waals surface area contributed by atoms with E-state index in [4.69, 9.17) is 0 Å². The van der Waals surface area contributed by atoms with Gasteiger partial charge in [0.15, 0.2) is 11.6 Å². The Morgan fingerprint density at radius 3 is 2.84 bits per heavy atom. The first-order chi connectivity index (χ1) is 9.25. The number of ketones is 1. The molecule has 0 amide bonds. The topological polar surface area (TPSA) is 65.6 Å². The summed E-state index contributed by atoms with van der Waals surface area (Å²) in [6.07, 6.45) is 3.16. The van der Waals surface area contributed by atoms with Crippen molar-refractivity contribution in [3.8, 4) is 0 Å². The highest BCUT2D eigenvalue weighted by Crippen LogP contribution is 2.16. The zero-order chi connectivity index (χ0) is 13.2. The number of hydrogen-bond donors (Lipinski definition) is 0. The van der Waals surface area contributed by atoms with E-state index in [1.807, 2.05) is 28.8 Å².